The zero-order chi connectivity index (χ0) is 19.0. The number of hydrogen-bond donors (Lipinski definition) is 0. The highest BCUT2D eigenvalue weighted by Gasteiger charge is 2.36. The fraction of sp³-hybridized carbons (Fsp3) is 0.273. The Kier molecular flexibility index (Phi) is 4.56. The first-order valence-electron chi connectivity index (χ1n) is 9.31. The van der Waals surface area contributed by atoms with Crippen LogP contribution in [-0.4, -0.2) is 21.1 Å². The van der Waals surface area contributed by atoms with E-state index in [4.69, 9.17) is 4.74 Å². The summed E-state index contributed by atoms with van der Waals surface area (Å²) in [6.07, 6.45) is 1.63. The molecule has 0 amide bonds. The van der Waals surface area contributed by atoms with Gasteiger partial charge in [0.2, 0.25) is 0 Å². The van der Waals surface area contributed by atoms with Crippen molar-refractivity contribution in [2.24, 2.45) is 0 Å². The minimum absolute atomic E-state index is 0.109. The fourth-order valence-corrected chi connectivity index (χ4v) is 5.71. The Morgan fingerprint density at radius 2 is 1.70 bits per heavy atom. The van der Waals surface area contributed by atoms with E-state index in [9.17, 15) is 8.42 Å². The van der Waals surface area contributed by atoms with Crippen molar-refractivity contribution in [3.63, 3.8) is 0 Å². The van der Waals surface area contributed by atoms with Gasteiger partial charge in [0.1, 0.15) is 5.75 Å². The quantitative estimate of drug-likeness (QED) is 0.640. The summed E-state index contributed by atoms with van der Waals surface area (Å²) >= 11 is 0. The summed E-state index contributed by atoms with van der Waals surface area (Å²) in [7, 11) is -3.69. The second-order valence-electron chi connectivity index (χ2n) is 6.94. The molecule has 0 aliphatic carbocycles. The molecule has 0 aromatic heterocycles. The predicted molar refractivity (Wildman–Crippen MR) is 109 cm³/mol. The van der Waals surface area contributed by atoms with Gasteiger partial charge in [0.25, 0.3) is 10.0 Å². The van der Waals surface area contributed by atoms with Crippen LogP contribution in [0.3, 0.4) is 0 Å². The molecule has 0 bridgehead atoms. The minimum Gasteiger partial charge on any atom is -0.493 e. The van der Waals surface area contributed by atoms with E-state index in [1.165, 1.54) is 0 Å². The first kappa shape index (κ1) is 17.9. The normalized spacial score (nSPS) is 16.5. The second-order valence-corrected chi connectivity index (χ2v) is 8.72. The number of ether oxygens (including phenoxy) is 1. The lowest BCUT2D eigenvalue weighted by molar-refractivity contribution is 0.321. The van der Waals surface area contributed by atoms with Gasteiger partial charge in [-0.25, -0.2) is 8.42 Å². The number of hydrogen-bond acceptors (Lipinski definition) is 3. The van der Waals surface area contributed by atoms with Crippen molar-refractivity contribution in [1.82, 2.24) is 0 Å². The topological polar surface area (TPSA) is 46.6 Å². The van der Waals surface area contributed by atoms with E-state index in [1.807, 2.05) is 62.4 Å². The molecule has 1 aliphatic rings. The number of rotatable bonds is 5. The van der Waals surface area contributed by atoms with Crippen LogP contribution in [0.5, 0.6) is 5.75 Å². The van der Waals surface area contributed by atoms with Crippen molar-refractivity contribution < 1.29 is 13.2 Å². The summed E-state index contributed by atoms with van der Waals surface area (Å²) in [4.78, 5) is 0.325. The highest BCUT2D eigenvalue weighted by atomic mass is 32.2. The Bertz CT molecular complexity index is 1090. The minimum atomic E-state index is -3.69. The molecule has 1 atom stereocenters. The molecule has 0 saturated carbocycles. The monoisotopic (exact) mass is 381 g/mol. The average molecular weight is 381 g/mol. The zero-order valence-corrected chi connectivity index (χ0v) is 16.4. The van der Waals surface area contributed by atoms with Gasteiger partial charge in [0.05, 0.1) is 17.2 Å². The van der Waals surface area contributed by atoms with Gasteiger partial charge in [0, 0.05) is 16.8 Å². The molecule has 0 fully saturated rings. The smallest absolute Gasteiger partial charge is 0.265 e. The van der Waals surface area contributed by atoms with Gasteiger partial charge in [0.15, 0.2) is 0 Å². The lowest BCUT2D eigenvalue weighted by Gasteiger charge is -2.25. The SMILES string of the molecule is CCCOc1ccc(S(=O)(=O)N2c3ccccc3C[C@H]2C)c2ccccc12. The van der Waals surface area contributed by atoms with E-state index in [2.05, 4.69) is 0 Å². The van der Waals surface area contributed by atoms with Crippen molar-refractivity contribution in [2.75, 3.05) is 10.9 Å². The lowest BCUT2D eigenvalue weighted by Crippen LogP contribution is -2.35. The molecule has 0 spiro atoms. The number of nitrogens with zero attached hydrogens (tertiary/aromatic N) is 1. The molecule has 0 unspecified atom stereocenters. The van der Waals surface area contributed by atoms with Crippen LogP contribution in [0, 0.1) is 0 Å². The van der Waals surface area contributed by atoms with Gasteiger partial charge in [-0.3, -0.25) is 4.31 Å². The van der Waals surface area contributed by atoms with E-state index in [0.29, 0.717) is 16.9 Å². The molecule has 1 aliphatic heterocycles. The second kappa shape index (κ2) is 6.89. The molecule has 1 heterocycles. The number of benzene rings is 3. The maximum Gasteiger partial charge on any atom is 0.265 e. The molecule has 0 saturated heterocycles. The fourth-order valence-electron chi connectivity index (χ4n) is 3.82. The van der Waals surface area contributed by atoms with Gasteiger partial charge in [-0.1, -0.05) is 49.4 Å². The number of para-hydroxylation sites is 1. The van der Waals surface area contributed by atoms with Crippen molar-refractivity contribution >= 4 is 26.5 Å². The molecular formula is C22H23NO3S. The van der Waals surface area contributed by atoms with Gasteiger partial charge in [-0.05, 0) is 43.5 Å². The van der Waals surface area contributed by atoms with Crippen molar-refractivity contribution in [3.8, 4) is 5.75 Å². The highest BCUT2D eigenvalue weighted by Crippen LogP contribution is 2.39. The van der Waals surface area contributed by atoms with Crippen molar-refractivity contribution in [2.45, 2.75) is 37.6 Å². The van der Waals surface area contributed by atoms with E-state index in [0.717, 1.165) is 35.2 Å². The predicted octanol–water partition coefficient (Wildman–Crippen LogP) is 4.77. The Balaban J connectivity index is 1.87. The van der Waals surface area contributed by atoms with Gasteiger partial charge >= 0.3 is 0 Å². The number of anilines is 1. The van der Waals surface area contributed by atoms with E-state index >= 15 is 0 Å². The third-order valence-electron chi connectivity index (χ3n) is 4.99. The third-order valence-corrected chi connectivity index (χ3v) is 6.97. The molecule has 3 aromatic carbocycles. The van der Waals surface area contributed by atoms with Gasteiger partial charge < -0.3 is 4.74 Å². The van der Waals surface area contributed by atoms with Crippen LogP contribution in [0.25, 0.3) is 10.8 Å². The standard InChI is InChI=1S/C22H23NO3S/c1-3-14-26-21-12-13-22(19-10-6-5-9-18(19)21)27(24,25)23-16(2)15-17-8-4-7-11-20(17)23/h4-13,16H,3,14-15H2,1-2H3/t16-/m1/s1. The molecule has 140 valence electrons. The molecule has 3 aromatic rings. The average Bonchev–Trinajstić information content (AvgIpc) is 3.02. The van der Waals surface area contributed by atoms with Crippen LogP contribution in [0.2, 0.25) is 0 Å². The Morgan fingerprint density at radius 1 is 1.00 bits per heavy atom. The van der Waals surface area contributed by atoms with E-state index in [-0.39, 0.29) is 6.04 Å². The van der Waals surface area contributed by atoms with E-state index < -0.39 is 10.0 Å². The van der Waals surface area contributed by atoms with Crippen LogP contribution >= 0.6 is 0 Å². The Morgan fingerprint density at radius 3 is 2.48 bits per heavy atom. The summed E-state index contributed by atoms with van der Waals surface area (Å²) < 4.78 is 34.7. The summed E-state index contributed by atoms with van der Waals surface area (Å²) in [6.45, 7) is 4.61. The van der Waals surface area contributed by atoms with Crippen LogP contribution in [0.15, 0.2) is 65.6 Å². The zero-order valence-electron chi connectivity index (χ0n) is 15.6. The molecule has 27 heavy (non-hydrogen) atoms. The van der Waals surface area contributed by atoms with E-state index in [1.54, 1.807) is 16.4 Å². The third kappa shape index (κ3) is 2.96. The molecule has 0 radical (unpaired) electrons. The molecule has 4 nitrogen and oxygen atoms in total. The Hall–Kier alpha value is -2.53. The van der Waals surface area contributed by atoms with Crippen molar-refractivity contribution in [1.29, 1.82) is 0 Å². The maximum atomic E-state index is 13.6. The molecular weight excluding hydrogens is 358 g/mol. The number of fused-ring (bicyclic) bond motifs is 2. The van der Waals surface area contributed by atoms with Crippen LogP contribution in [0.4, 0.5) is 5.69 Å². The summed E-state index contributed by atoms with van der Waals surface area (Å²) in [5, 5.41) is 1.52. The first-order chi connectivity index (χ1) is 13.0. The largest absolute Gasteiger partial charge is 0.493 e. The summed E-state index contributed by atoms with van der Waals surface area (Å²) in [5.74, 6) is 0.723. The molecule has 0 N–H and O–H groups in total. The maximum absolute atomic E-state index is 13.6. The van der Waals surface area contributed by atoms with Crippen LogP contribution in [-0.2, 0) is 16.4 Å². The van der Waals surface area contributed by atoms with Crippen molar-refractivity contribution in [3.05, 3.63) is 66.2 Å². The molecule has 4 rings (SSSR count). The lowest BCUT2D eigenvalue weighted by atomic mass is 10.1. The van der Waals surface area contributed by atoms with Gasteiger partial charge in [-0.2, -0.15) is 0 Å². The number of sulfonamides is 1. The van der Waals surface area contributed by atoms with Crippen LogP contribution < -0.4 is 9.04 Å². The summed E-state index contributed by atoms with van der Waals surface area (Å²) in [5.41, 5.74) is 1.85. The first-order valence-corrected chi connectivity index (χ1v) is 10.7. The summed E-state index contributed by atoms with van der Waals surface area (Å²) in [6, 6.07) is 18.6. The van der Waals surface area contributed by atoms with Gasteiger partial charge in [-0.15, -0.1) is 0 Å². The van der Waals surface area contributed by atoms with Crippen LogP contribution in [0.1, 0.15) is 25.8 Å². The Labute approximate surface area is 160 Å². The highest BCUT2D eigenvalue weighted by molar-refractivity contribution is 7.93. The molecule has 5 heteroatoms.